The molecule has 0 unspecified atom stereocenters. The van der Waals surface area contributed by atoms with Gasteiger partial charge < -0.3 is 10.2 Å². The molecule has 0 atom stereocenters. The number of aromatic nitrogens is 1. The lowest BCUT2D eigenvalue weighted by Gasteiger charge is -2.23. The molecule has 146 valence electrons. The molecule has 6 heteroatoms. The van der Waals surface area contributed by atoms with E-state index in [1.54, 1.807) is 35.4 Å². The average molecular weight is 450 g/mol. The van der Waals surface area contributed by atoms with Crippen LogP contribution in [-0.2, 0) is 11.3 Å². The Morgan fingerprint density at radius 2 is 1.72 bits per heavy atom. The lowest BCUT2D eigenvalue weighted by Crippen LogP contribution is -2.30. The molecule has 29 heavy (non-hydrogen) atoms. The predicted octanol–water partition coefficient (Wildman–Crippen LogP) is 5.04. The second kappa shape index (κ2) is 8.57. The van der Waals surface area contributed by atoms with E-state index in [4.69, 9.17) is 0 Å². The minimum absolute atomic E-state index is 0.0516. The van der Waals surface area contributed by atoms with Gasteiger partial charge in [0.1, 0.15) is 0 Å². The number of halogens is 1. The van der Waals surface area contributed by atoms with Crippen molar-refractivity contribution >= 4 is 39.1 Å². The average Bonchev–Trinajstić information content (AvgIpc) is 3.59. The van der Waals surface area contributed by atoms with Crippen LogP contribution in [0.2, 0.25) is 0 Å². The number of hydrogen-bond donors (Lipinski definition) is 1. The minimum atomic E-state index is -0.127. The normalized spacial score (nSPS) is 13.0. The standard InChI is InChI=1S/C23H20BrN3O2/c24-18-8-12-21(13-9-18)27(15-20-3-1-2-14-25-20)23(29)17-6-10-19(11-7-17)26-22(28)16-4-5-16/h1-3,6-14,16H,4-5,15H2,(H,26,28). The van der Waals surface area contributed by atoms with Crippen molar-refractivity contribution in [2.24, 2.45) is 5.92 Å². The molecule has 1 aromatic heterocycles. The van der Waals surface area contributed by atoms with Gasteiger partial charge in [0.05, 0.1) is 12.2 Å². The van der Waals surface area contributed by atoms with Gasteiger partial charge in [0.15, 0.2) is 0 Å². The van der Waals surface area contributed by atoms with Gasteiger partial charge in [0.25, 0.3) is 5.91 Å². The number of benzene rings is 2. The van der Waals surface area contributed by atoms with E-state index in [0.717, 1.165) is 28.7 Å². The summed E-state index contributed by atoms with van der Waals surface area (Å²) in [6.07, 6.45) is 3.63. The smallest absolute Gasteiger partial charge is 0.258 e. The van der Waals surface area contributed by atoms with Crippen LogP contribution in [0, 0.1) is 5.92 Å². The molecule has 2 aromatic carbocycles. The zero-order chi connectivity index (χ0) is 20.2. The number of carbonyl (C=O) groups excluding carboxylic acids is 2. The van der Waals surface area contributed by atoms with Crippen molar-refractivity contribution in [3.8, 4) is 0 Å². The van der Waals surface area contributed by atoms with Crippen molar-refractivity contribution < 1.29 is 9.59 Å². The van der Waals surface area contributed by atoms with Gasteiger partial charge in [-0.1, -0.05) is 22.0 Å². The topological polar surface area (TPSA) is 62.3 Å². The van der Waals surface area contributed by atoms with E-state index in [9.17, 15) is 9.59 Å². The van der Waals surface area contributed by atoms with Crippen LogP contribution in [0.4, 0.5) is 11.4 Å². The SMILES string of the molecule is O=C(Nc1ccc(C(=O)N(Cc2ccccn2)c2ccc(Br)cc2)cc1)C1CC1. The number of hydrogen-bond acceptors (Lipinski definition) is 3. The zero-order valence-corrected chi connectivity index (χ0v) is 17.3. The highest BCUT2D eigenvalue weighted by Crippen LogP contribution is 2.30. The monoisotopic (exact) mass is 449 g/mol. The highest BCUT2D eigenvalue weighted by atomic mass is 79.9. The van der Waals surface area contributed by atoms with Crippen LogP contribution in [0.5, 0.6) is 0 Å². The predicted molar refractivity (Wildman–Crippen MR) is 117 cm³/mol. The summed E-state index contributed by atoms with van der Waals surface area (Å²) in [4.78, 5) is 31.3. The zero-order valence-electron chi connectivity index (χ0n) is 15.7. The van der Waals surface area contributed by atoms with E-state index >= 15 is 0 Å². The first-order valence-electron chi connectivity index (χ1n) is 9.48. The summed E-state index contributed by atoms with van der Waals surface area (Å²) < 4.78 is 0.947. The highest BCUT2D eigenvalue weighted by molar-refractivity contribution is 9.10. The number of anilines is 2. The molecule has 1 aliphatic rings. The van der Waals surface area contributed by atoms with Crippen LogP contribution in [0.15, 0.2) is 77.4 Å². The van der Waals surface area contributed by atoms with Gasteiger partial charge in [-0.3, -0.25) is 14.6 Å². The summed E-state index contributed by atoms with van der Waals surface area (Å²) in [7, 11) is 0. The summed E-state index contributed by atoms with van der Waals surface area (Å²) in [6.45, 7) is 0.363. The fourth-order valence-electron chi connectivity index (χ4n) is 3.00. The lowest BCUT2D eigenvalue weighted by atomic mass is 10.1. The van der Waals surface area contributed by atoms with Crippen molar-refractivity contribution in [1.82, 2.24) is 4.98 Å². The summed E-state index contributed by atoms with van der Waals surface area (Å²) in [6, 6.07) is 20.3. The highest BCUT2D eigenvalue weighted by Gasteiger charge is 2.29. The van der Waals surface area contributed by atoms with E-state index in [0.29, 0.717) is 17.8 Å². The molecular formula is C23H20BrN3O2. The van der Waals surface area contributed by atoms with Crippen molar-refractivity contribution in [3.63, 3.8) is 0 Å². The molecule has 0 spiro atoms. The Bertz CT molecular complexity index is 1000. The van der Waals surface area contributed by atoms with Crippen LogP contribution in [0.3, 0.4) is 0 Å². The van der Waals surface area contributed by atoms with Gasteiger partial charge in [-0.15, -0.1) is 0 Å². The van der Waals surface area contributed by atoms with Gasteiger partial charge in [0, 0.05) is 33.5 Å². The van der Waals surface area contributed by atoms with Crippen molar-refractivity contribution in [2.75, 3.05) is 10.2 Å². The maximum atomic E-state index is 13.3. The van der Waals surface area contributed by atoms with E-state index in [1.165, 1.54) is 0 Å². The third-order valence-electron chi connectivity index (χ3n) is 4.78. The summed E-state index contributed by atoms with van der Waals surface area (Å²) in [5, 5.41) is 2.90. The molecule has 0 saturated heterocycles. The Morgan fingerprint density at radius 3 is 2.34 bits per heavy atom. The van der Waals surface area contributed by atoms with Gasteiger partial charge >= 0.3 is 0 Å². The Hall–Kier alpha value is -2.99. The fourth-order valence-corrected chi connectivity index (χ4v) is 3.26. The molecule has 1 aliphatic carbocycles. The van der Waals surface area contributed by atoms with Gasteiger partial charge in [-0.05, 0) is 73.5 Å². The molecule has 0 radical (unpaired) electrons. The Balaban J connectivity index is 1.56. The van der Waals surface area contributed by atoms with Crippen LogP contribution in [0.25, 0.3) is 0 Å². The molecular weight excluding hydrogens is 430 g/mol. The first-order chi connectivity index (χ1) is 14.1. The second-order valence-electron chi connectivity index (χ2n) is 7.03. The minimum Gasteiger partial charge on any atom is -0.326 e. The first kappa shape index (κ1) is 19.3. The molecule has 1 N–H and O–H groups in total. The van der Waals surface area contributed by atoms with Crippen LogP contribution in [0.1, 0.15) is 28.9 Å². The first-order valence-corrected chi connectivity index (χ1v) is 10.3. The van der Waals surface area contributed by atoms with Crippen molar-refractivity contribution in [2.45, 2.75) is 19.4 Å². The number of carbonyl (C=O) groups is 2. The van der Waals surface area contributed by atoms with Crippen LogP contribution < -0.4 is 10.2 Å². The third-order valence-corrected chi connectivity index (χ3v) is 5.31. The lowest BCUT2D eigenvalue weighted by molar-refractivity contribution is -0.117. The molecule has 4 rings (SSSR count). The number of rotatable bonds is 6. The second-order valence-corrected chi connectivity index (χ2v) is 7.95. The van der Waals surface area contributed by atoms with Crippen molar-refractivity contribution in [3.05, 3.63) is 88.7 Å². The quantitative estimate of drug-likeness (QED) is 0.573. The number of nitrogens with one attached hydrogen (secondary N) is 1. The Kier molecular flexibility index (Phi) is 5.71. The Labute approximate surface area is 177 Å². The summed E-state index contributed by atoms with van der Waals surface area (Å²) in [5.74, 6) is 0.0661. The van der Waals surface area contributed by atoms with E-state index in [1.807, 2.05) is 42.5 Å². The maximum absolute atomic E-state index is 13.3. The fraction of sp³-hybridized carbons (Fsp3) is 0.174. The van der Waals surface area contributed by atoms with Crippen molar-refractivity contribution in [1.29, 1.82) is 0 Å². The van der Waals surface area contributed by atoms with Crippen LogP contribution >= 0.6 is 15.9 Å². The molecule has 3 aromatic rings. The third kappa shape index (κ3) is 4.90. The van der Waals surface area contributed by atoms with E-state index < -0.39 is 0 Å². The molecule has 1 saturated carbocycles. The summed E-state index contributed by atoms with van der Waals surface area (Å²) in [5.41, 5.74) is 2.85. The maximum Gasteiger partial charge on any atom is 0.258 e. The molecule has 0 bridgehead atoms. The number of amides is 2. The van der Waals surface area contributed by atoms with Gasteiger partial charge in [-0.25, -0.2) is 0 Å². The molecule has 1 heterocycles. The largest absolute Gasteiger partial charge is 0.326 e. The molecule has 2 amide bonds. The number of nitrogens with zero attached hydrogens (tertiary/aromatic N) is 2. The number of pyridine rings is 1. The van der Waals surface area contributed by atoms with Gasteiger partial charge in [0.2, 0.25) is 5.91 Å². The molecule has 0 aliphatic heterocycles. The van der Waals surface area contributed by atoms with E-state index in [2.05, 4.69) is 26.2 Å². The molecule has 5 nitrogen and oxygen atoms in total. The Morgan fingerprint density at radius 1 is 1.00 bits per heavy atom. The van der Waals surface area contributed by atoms with Crippen LogP contribution in [-0.4, -0.2) is 16.8 Å². The summed E-state index contributed by atoms with van der Waals surface area (Å²) >= 11 is 3.44. The molecule has 1 fully saturated rings. The van der Waals surface area contributed by atoms with Gasteiger partial charge in [-0.2, -0.15) is 0 Å². The van der Waals surface area contributed by atoms with E-state index in [-0.39, 0.29) is 17.7 Å².